The molecule has 0 saturated heterocycles. The number of para-hydroxylation sites is 3. The minimum Gasteiger partial charge on any atom is -0.360 e. The van der Waals surface area contributed by atoms with Crippen LogP contribution in [0.5, 0.6) is 0 Å². The van der Waals surface area contributed by atoms with Crippen LogP contribution in [0, 0.1) is 0 Å². The van der Waals surface area contributed by atoms with Gasteiger partial charge in [-0.3, -0.25) is 14.0 Å². The second-order valence-electron chi connectivity index (χ2n) is 10.5. The summed E-state index contributed by atoms with van der Waals surface area (Å²) in [5.74, 6) is -0.221. The van der Waals surface area contributed by atoms with Crippen molar-refractivity contribution in [1.29, 1.82) is 0 Å². The summed E-state index contributed by atoms with van der Waals surface area (Å²) >= 11 is 7.62. The fourth-order valence-corrected chi connectivity index (χ4v) is 6.91. The number of halogens is 1. The summed E-state index contributed by atoms with van der Waals surface area (Å²) in [5.41, 5.74) is 4.76. The zero-order valence-electron chi connectivity index (χ0n) is 23.3. The van der Waals surface area contributed by atoms with Gasteiger partial charge in [0.25, 0.3) is 11.5 Å². The molecule has 1 aliphatic heterocycles. The maximum absolute atomic E-state index is 13.7. The van der Waals surface area contributed by atoms with Crippen molar-refractivity contribution in [1.82, 2.24) is 9.38 Å². The number of anilines is 2. The van der Waals surface area contributed by atoms with Crippen LogP contribution in [0.15, 0.2) is 135 Å². The number of pyridine rings is 1. The summed E-state index contributed by atoms with van der Waals surface area (Å²) in [4.78, 5) is 33.8. The predicted octanol–water partition coefficient (Wildman–Crippen LogP) is 8.12. The molecule has 1 amide bonds. The largest absolute Gasteiger partial charge is 0.360 e. The Morgan fingerprint density at radius 2 is 1.57 bits per heavy atom. The number of amides is 1. The Hall–Kier alpha value is -5.18. The van der Waals surface area contributed by atoms with Crippen LogP contribution in [0.2, 0.25) is 5.02 Å². The van der Waals surface area contributed by atoms with Gasteiger partial charge in [0.05, 0.1) is 33.7 Å². The van der Waals surface area contributed by atoms with Crippen molar-refractivity contribution in [2.45, 2.75) is 16.7 Å². The zero-order chi connectivity index (χ0) is 29.9. The molecule has 7 aromatic rings. The van der Waals surface area contributed by atoms with Gasteiger partial charge in [-0.1, -0.05) is 59.8 Å². The molecule has 7 nitrogen and oxygen atoms in total. The third-order valence-corrected chi connectivity index (χ3v) is 9.25. The fraction of sp³-hybridized carbons (Fsp3) is 0.0286. The first-order valence-corrected chi connectivity index (χ1v) is 15.1. The van der Waals surface area contributed by atoms with Crippen LogP contribution in [0.4, 0.5) is 11.4 Å². The zero-order valence-corrected chi connectivity index (χ0v) is 24.9. The second kappa shape index (κ2) is 10.2. The Labute approximate surface area is 260 Å². The molecular weight excluding hydrogens is 590 g/mol. The van der Waals surface area contributed by atoms with Gasteiger partial charge in [0, 0.05) is 37.2 Å². The molecule has 0 bridgehead atoms. The van der Waals surface area contributed by atoms with Crippen LogP contribution in [-0.2, 0) is 4.79 Å². The van der Waals surface area contributed by atoms with Crippen molar-refractivity contribution >= 4 is 84.6 Å². The molecule has 212 valence electrons. The Morgan fingerprint density at radius 1 is 0.795 bits per heavy atom. The number of fused-ring (bicyclic) bond motifs is 4. The van der Waals surface area contributed by atoms with Crippen molar-refractivity contribution in [2.75, 3.05) is 10.3 Å². The van der Waals surface area contributed by atoms with Gasteiger partial charge in [-0.2, -0.15) is 10.1 Å². The van der Waals surface area contributed by atoms with Crippen molar-refractivity contribution in [2.24, 2.45) is 5.10 Å². The van der Waals surface area contributed by atoms with Crippen molar-refractivity contribution in [3.8, 4) is 0 Å². The summed E-state index contributed by atoms with van der Waals surface area (Å²) in [5, 5.41) is 13.3. The van der Waals surface area contributed by atoms with E-state index >= 15 is 0 Å². The Bertz CT molecular complexity index is 2420. The average Bonchev–Trinajstić information content (AvgIpc) is 3.57. The molecule has 8 rings (SSSR count). The molecule has 9 heteroatoms. The highest BCUT2D eigenvalue weighted by molar-refractivity contribution is 7.99. The second-order valence-corrected chi connectivity index (χ2v) is 12.0. The highest BCUT2D eigenvalue weighted by Gasteiger charge is 2.29. The highest BCUT2D eigenvalue weighted by atomic mass is 35.5. The van der Waals surface area contributed by atoms with Crippen molar-refractivity contribution in [3.63, 3.8) is 0 Å². The van der Waals surface area contributed by atoms with Crippen LogP contribution in [0.25, 0.3) is 38.2 Å². The third-order valence-electron chi connectivity index (χ3n) is 7.85. The molecule has 0 radical (unpaired) electrons. The molecule has 3 heterocycles. The van der Waals surface area contributed by atoms with Gasteiger partial charge in [-0.05, 0) is 79.0 Å². The standard InChI is InChI=1S/C35H22ClN5O2S/c1-20-26(35(43)41(39-20)22-15-13-21(36)14-16-22)19-37-28-10-3-5-12-31(28)44-30-18-17-24-32-23(30)7-6-8-25(32)34(42)40-29-11-4-2-9-27(29)38-33(24)40/h2-19,37H,1H3/b26-19+. The minimum atomic E-state index is -0.221. The molecule has 0 saturated carbocycles. The van der Waals surface area contributed by atoms with E-state index in [0.29, 0.717) is 33.0 Å². The monoisotopic (exact) mass is 611 g/mol. The van der Waals surface area contributed by atoms with E-state index in [1.165, 1.54) is 5.01 Å². The van der Waals surface area contributed by atoms with Crippen LogP contribution >= 0.6 is 23.4 Å². The van der Waals surface area contributed by atoms with E-state index in [0.717, 1.165) is 42.7 Å². The van der Waals surface area contributed by atoms with Crippen LogP contribution in [0.1, 0.15) is 6.92 Å². The smallest absolute Gasteiger partial charge is 0.282 e. The lowest BCUT2D eigenvalue weighted by Crippen LogP contribution is -2.21. The quantitative estimate of drug-likeness (QED) is 0.199. The molecule has 0 unspecified atom stereocenters. The number of carbonyl (C=O) groups excluding carboxylic acids is 1. The first-order valence-electron chi connectivity index (χ1n) is 14.0. The number of imidazole rings is 1. The summed E-state index contributed by atoms with van der Waals surface area (Å²) in [7, 11) is 0. The number of rotatable bonds is 5. The minimum absolute atomic E-state index is 0.0754. The molecule has 0 aliphatic carbocycles. The molecule has 1 N–H and O–H groups in total. The molecular formula is C35H22ClN5O2S. The highest BCUT2D eigenvalue weighted by Crippen LogP contribution is 2.41. The van der Waals surface area contributed by atoms with E-state index in [9.17, 15) is 9.59 Å². The topological polar surface area (TPSA) is 79.1 Å². The number of aromatic nitrogens is 2. The number of hydrazone groups is 1. The van der Waals surface area contributed by atoms with E-state index < -0.39 is 0 Å². The van der Waals surface area contributed by atoms with Crippen molar-refractivity contribution in [3.05, 3.63) is 130 Å². The normalized spacial score (nSPS) is 14.5. The average molecular weight is 612 g/mol. The van der Waals surface area contributed by atoms with E-state index in [-0.39, 0.29) is 11.5 Å². The van der Waals surface area contributed by atoms with Gasteiger partial charge < -0.3 is 5.32 Å². The number of nitrogens with one attached hydrogen (secondary N) is 1. The van der Waals surface area contributed by atoms with Crippen LogP contribution in [-0.4, -0.2) is 21.0 Å². The van der Waals surface area contributed by atoms with Crippen LogP contribution < -0.4 is 15.9 Å². The Kier molecular flexibility index (Phi) is 6.14. The lowest BCUT2D eigenvalue weighted by atomic mass is 10.0. The number of hydrogen-bond donors (Lipinski definition) is 1. The summed E-state index contributed by atoms with van der Waals surface area (Å²) < 4.78 is 1.72. The third kappa shape index (κ3) is 4.14. The summed E-state index contributed by atoms with van der Waals surface area (Å²) in [6, 6.07) is 32.7. The summed E-state index contributed by atoms with van der Waals surface area (Å²) in [6.45, 7) is 1.81. The van der Waals surface area contributed by atoms with Gasteiger partial charge >= 0.3 is 0 Å². The van der Waals surface area contributed by atoms with E-state index in [2.05, 4.69) is 28.6 Å². The Morgan fingerprint density at radius 3 is 2.43 bits per heavy atom. The maximum atomic E-state index is 13.7. The van der Waals surface area contributed by atoms with Gasteiger partial charge in [0.1, 0.15) is 5.65 Å². The molecule has 0 spiro atoms. The lowest BCUT2D eigenvalue weighted by Gasteiger charge is -2.14. The lowest BCUT2D eigenvalue weighted by molar-refractivity contribution is -0.114. The SMILES string of the molecule is CC1=NN(c2ccc(Cl)cc2)C(=O)/C1=C/Nc1ccccc1Sc1ccc2c3c1cccc3c(=O)n1c3ccccc3nc21. The van der Waals surface area contributed by atoms with Gasteiger partial charge in [0.2, 0.25) is 0 Å². The van der Waals surface area contributed by atoms with E-state index in [1.54, 1.807) is 46.6 Å². The molecule has 1 aliphatic rings. The fourth-order valence-electron chi connectivity index (χ4n) is 5.75. The predicted molar refractivity (Wildman–Crippen MR) is 179 cm³/mol. The molecule has 5 aromatic carbocycles. The van der Waals surface area contributed by atoms with E-state index in [1.807, 2.05) is 67.6 Å². The molecule has 0 fully saturated rings. The number of hydrogen-bond acceptors (Lipinski definition) is 6. The van der Waals surface area contributed by atoms with Crippen LogP contribution in [0.3, 0.4) is 0 Å². The number of benzene rings is 5. The number of carbonyl (C=O) groups is 1. The molecule has 44 heavy (non-hydrogen) atoms. The first-order chi connectivity index (χ1) is 21.5. The maximum Gasteiger partial charge on any atom is 0.282 e. The molecule has 2 aromatic heterocycles. The van der Waals surface area contributed by atoms with Gasteiger partial charge in [0.15, 0.2) is 0 Å². The van der Waals surface area contributed by atoms with Crippen molar-refractivity contribution < 1.29 is 4.79 Å². The van der Waals surface area contributed by atoms with Gasteiger partial charge in [-0.15, -0.1) is 0 Å². The van der Waals surface area contributed by atoms with E-state index in [4.69, 9.17) is 16.6 Å². The molecule has 0 atom stereocenters. The van der Waals surface area contributed by atoms with Gasteiger partial charge in [-0.25, -0.2) is 4.98 Å². The summed E-state index contributed by atoms with van der Waals surface area (Å²) in [6.07, 6.45) is 1.71. The first kappa shape index (κ1) is 26.4. The Balaban J connectivity index is 1.16. The number of nitrogens with zero attached hydrogens (tertiary/aromatic N) is 4.